The maximum Gasteiger partial charge on any atom is 0.243 e. The lowest BCUT2D eigenvalue weighted by atomic mass is 10.1. The molecule has 0 amide bonds. The van der Waals surface area contributed by atoms with E-state index in [1.54, 1.807) is 0 Å². The van der Waals surface area contributed by atoms with E-state index in [4.69, 9.17) is 15.0 Å². The van der Waals surface area contributed by atoms with Crippen molar-refractivity contribution in [1.29, 1.82) is 0 Å². The highest BCUT2D eigenvalue weighted by Gasteiger charge is 2.24. The van der Waals surface area contributed by atoms with Crippen LogP contribution in [0.25, 0.3) is 0 Å². The molecule has 100 valence electrons. The van der Waals surface area contributed by atoms with E-state index in [0.717, 1.165) is 25.0 Å². The van der Waals surface area contributed by atoms with Gasteiger partial charge in [-0.25, -0.2) is 0 Å². The third-order valence-electron chi connectivity index (χ3n) is 3.29. The predicted molar refractivity (Wildman–Crippen MR) is 69.3 cm³/mol. The zero-order valence-corrected chi connectivity index (χ0v) is 10.7. The van der Waals surface area contributed by atoms with Crippen molar-refractivity contribution in [2.45, 2.75) is 31.4 Å². The molecule has 0 bridgehead atoms. The van der Waals surface area contributed by atoms with Gasteiger partial charge in [0, 0.05) is 6.61 Å². The predicted octanol–water partition coefficient (Wildman–Crippen LogP) is 2.16. The van der Waals surface area contributed by atoms with Gasteiger partial charge in [-0.2, -0.15) is 4.98 Å². The van der Waals surface area contributed by atoms with E-state index in [-0.39, 0.29) is 12.1 Å². The average Bonchev–Trinajstić information content (AvgIpc) is 3.11. The number of aromatic nitrogens is 2. The third-order valence-corrected chi connectivity index (χ3v) is 3.29. The Bertz CT molecular complexity index is 520. The van der Waals surface area contributed by atoms with Crippen molar-refractivity contribution in [1.82, 2.24) is 10.1 Å². The van der Waals surface area contributed by atoms with Crippen LogP contribution in [0.3, 0.4) is 0 Å². The lowest BCUT2D eigenvalue weighted by Crippen LogP contribution is -2.14. The maximum absolute atomic E-state index is 6.10. The molecule has 2 N–H and O–H groups in total. The number of hydrogen-bond donors (Lipinski definition) is 1. The van der Waals surface area contributed by atoms with E-state index in [1.165, 1.54) is 0 Å². The molecule has 1 unspecified atom stereocenters. The summed E-state index contributed by atoms with van der Waals surface area (Å²) in [5.74, 6) is 1.10. The molecule has 2 atom stereocenters. The van der Waals surface area contributed by atoms with E-state index < -0.39 is 0 Å². The van der Waals surface area contributed by atoms with Crippen LogP contribution >= 0.6 is 0 Å². The highest BCUT2D eigenvalue weighted by molar-refractivity contribution is 5.16. The normalized spacial score (nSPS) is 20.6. The van der Waals surface area contributed by atoms with Gasteiger partial charge in [0.15, 0.2) is 0 Å². The molecule has 5 heteroatoms. The lowest BCUT2D eigenvalue weighted by Gasteiger charge is -2.06. The van der Waals surface area contributed by atoms with Crippen LogP contribution in [0.5, 0.6) is 0 Å². The number of ether oxygens (including phenoxy) is 1. The van der Waals surface area contributed by atoms with Crippen molar-refractivity contribution in [3.63, 3.8) is 0 Å². The standard InChI is InChI=1S/C14H17N3O2/c15-11(9-10-5-2-1-3-6-10)14-16-13(17-19-14)12-7-4-8-18-12/h1-3,5-6,11-12H,4,7-9,15H2/t11-,12?/m0/s1. The van der Waals surface area contributed by atoms with Gasteiger partial charge in [-0.15, -0.1) is 0 Å². The van der Waals surface area contributed by atoms with E-state index in [2.05, 4.69) is 10.1 Å². The molecule has 0 spiro atoms. The summed E-state index contributed by atoms with van der Waals surface area (Å²) in [4.78, 5) is 4.36. The minimum atomic E-state index is -0.273. The Kier molecular flexibility index (Phi) is 3.57. The van der Waals surface area contributed by atoms with Crippen LogP contribution in [-0.2, 0) is 11.2 Å². The van der Waals surface area contributed by atoms with Gasteiger partial charge in [-0.3, -0.25) is 0 Å². The average molecular weight is 259 g/mol. The molecule has 19 heavy (non-hydrogen) atoms. The van der Waals surface area contributed by atoms with Gasteiger partial charge in [-0.05, 0) is 24.8 Å². The molecule has 2 heterocycles. The Hall–Kier alpha value is -1.72. The van der Waals surface area contributed by atoms with Crippen LogP contribution in [-0.4, -0.2) is 16.7 Å². The summed E-state index contributed by atoms with van der Waals surface area (Å²) in [7, 11) is 0. The van der Waals surface area contributed by atoms with E-state index >= 15 is 0 Å². The van der Waals surface area contributed by atoms with Crippen LogP contribution in [0.4, 0.5) is 0 Å². The fourth-order valence-electron chi connectivity index (χ4n) is 2.27. The van der Waals surface area contributed by atoms with Gasteiger partial charge in [-0.1, -0.05) is 35.5 Å². The quantitative estimate of drug-likeness (QED) is 0.910. The van der Waals surface area contributed by atoms with Gasteiger partial charge in [0.2, 0.25) is 11.7 Å². The zero-order valence-electron chi connectivity index (χ0n) is 10.7. The Morgan fingerprint density at radius 2 is 2.16 bits per heavy atom. The summed E-state index contributed by atoms with van der Waals surface area (Å²) >= 11 is 0. The molecule has 2 aromatic rings. The molecule has 3 rings (SSSR count). The largest absolute Gasteiger partial charge is 0.370 e. The van der Waals surface area contributed by atoms with Gasteiger partial charge < -0.3 is 15.0 Å². The summed E-state index contributed by atoms with van der Waals surface area (Å²) in [5.41, 5.74) is 7.26. The second kappa shape index (κ2) is 5.50. The van der Waals surface area contributed by atoms with Crippen molar-refractivity contribution in [3.05, 3.63) is 47.6 Å². The molecule has 0 saturated carbocycles. The van der Waals surface area contributed by atoms with E-state index in [1.807, 2.05) is 30.3 Å². The number of rotatable bonds is 4. The van der Waals surface area contributed by atoms with Crippen molar-refractivity contribution in [3.8, 4) is 0 Å². The molecule has 1 fully saturated rings. The van der Waals surface area contributed by atoms with E-state index in [9.17, 15) is 0 Å². The topological polar surface area (TPSA) is 74.2 Å². The van der Waals surface area contributed by atoms with Gasteiger partial charge in [0.05, 0.1) is 6.04 Å². The van der Waals surface area contributed by atoms with E-state index in [0.29, 0.717) is 18.1 Å². The van der Waals surface area contributed by atoms with Crippen LogP contribution in [0, 0.1) is 0 Å². The Morgan fingerprint density at radius 1 is 1.32 bits per heavy atom. The third kappa shape index (κ3) is 2.83. The number of nitrogens with two attached hydrogens (primary N) is 1. The van der Waals surface area contributed by atoms with Gasteiger partial charge in [0.1, 0.15) is 6.10 Å². The van der Waals surface area contributed by atoms with Crippen LogP contribution in [0.1, 0.15) is 42.3 Å². The molecule has 5 nitrogen and oxygen atoms in total. The Morgan fingerprint density at radius 3 is 2.89 bits per heavy atom. The minimum Gasteiger partial charge on any atom is -0.370 e. The maximum atomic E-state index is 6.10. The van der Waals surface area contributed by atoms with Crippen LogP contribution in [0.15, 0.2) is 34.9 Å². The second-order valence-electron chi connectivity index (χ2n) is 4.79. The molecule has 1 aromatic heterocycles. The number of nitrogens with zero attached hydrogens (tertiary/aromatic N) is 2. The summed E-state index contributed by atoms with van der Waals surface area (Å²) in [5, 5.41) is 3.97. The first-order chi connectivity index (χ1) is 9.33. The monoisotopic (exact) mass is 259 g/mol. The zero-order chi connectivity index (χ0) is 13.1. The number of hydrogen-bond acceptors (Lipinski definition) is 5. The molecule has 1 saturated heterocycles. The van der Waals surface area contributed by atoms with Crippen molar-refractivity contribution < 1.29 is 9.26 Å². The fourth-order valence-corrected chi connectivity index (χ4v) is 2.27. The Labute approximate surface area is 111 Å². The minimum absolute atomic E-state index is 0.0265. The lowest BCUT2D eigenvalue weighted by molar-refractivity contribution is 0.103. The number of benzene rings is 1. The fraction of sp³-hybridized carbons (Fsp3) is 0.429. The van der Waals surface area contributed by atoms with Gasteiger partial charge >= 0.3 is 0 Å². The molecule has 0 radical (unpaired) electrons. The smallest absolute Gasteiger partial charge is 0.243 e. The van der Waals surface area contributed by atoms with Crippen LogP contribution in [0.2, 0.25) is 0 Å². The summed E-state index contributed by atoms with van der Waals surface area (Å²) in [6, 6.07) is 9.78. The Balaban J connectivity index is 1.68. The van der Waals surface area contributed by atoms with Crippen LogP contribution < -0.4 is 5.73 Å². The molecular weight excluding hydrogens is 242 g/mol. The first kappa shape index (κ1) is 12.3. The summed E-state index contributed by atoms with van der Waals surface area (Å²) < 4.78 is 10.8. The highest BCUT2D eigenvalue weighted by Crippen LogP contribution is 2.27. The second-order valence-corrected chi connectivity index (χ2v) is 4.79. The highest BCUT2D eigenvalue weighted by atomic mass is 16.5. The van der Waals surface area contributed by atoms with Crippen molar-refractivity contribution in [2.24, 2.45) is 5.73 Å². The molecule has 1 aliphatic rings. The molecule has 0 aliphatic carbocycles. The van der Waals surface area contributed by atoms with Crippen molar-refractivity contribution in [2.75, 3.05) is 6.61 Å². The first-order valence-corrected chi connectivity index (χ1v) is 6.57. The molecular formula is C14H17N3O2. The molecule has 1 aliphatic heterocycles. The summed E-state index contributed by atoms with van der Waals surface area (Å²) in [6.45, 7) is 0.768. The molecule has 1 aromatic carbocycles. The first-order valence-electron chi connectivity index (χ1n) is 6.57. The summed E-state index contributed by atoms with van der Waals surface area (Å²) in [6.07, 6.45) is 2.66. The SMILES string of the molecule is N[C@@H](Cc1ccccc1)c1nc(C2CCCO2)no1. The van der Waals surface area contributed by atoms with Crippen molar-refractivity contribution >= 4 is 0 Å². The van der Waals surface area contributed by atoms with Gasteiger partial charge in [0.25, 0.3) is 0 Å².